The van der Waals surface area contributed by atoms with Gasteiger partial charge in [0.2, 0.25) is 5.91 Å². The van der Waals surface area contributed by atoms with Crippen LogP contribution in [0.5, 0.6) is 0 Å². The van der Waals surface area contributed by atoms with Gasteiger partial charge in [0.05, 0.1) is 5.54 Å². The Balaban J connectivity index is 2.24. The number of primary amides is 1. The van der Waals surface area contributed by atoms with Gasteiger partial charge in [0.25, 0.3) is 0 Å². The Morgan fingerprint density at radius 2 is 2.00 bits per heavy atom. The quantitative estimate of drug-likeness (QED) is 0.643. The van der Waals surface area contributed by atoms with E-state index in [9.17, 15) is 4.79 Å². The molecule has 1 unspecified atom stereocenters. The van der Waals surface area contributed by atoms with Crippen LogP contribution in [0, 0.1) is 0 Å². The molecule has 1 saturated heterocycles. The van der Waals surface area contributed by atoms with Gasteiger partial charge < -0.3 is 20.9 Å². The van der Waals surface area contributed by atoms with Gasteiger partial charge >= 0.3 is 0 Å². The molecule has 0 radical (unpaired) electrons. The minimum atomic E-state index is -0.548. The minimum Gasteiger partial charge on any atom is -0.368 e. The highest BCUT2D eigenvalue weighted by atomic mass is 16.1. The Hall–Kier alpha value is -0.650. The Kier molecular flexibility index (Phi) is 7.48. The normalized spacial score (nSPS) is 21.4. The maximum atomic E-state index is 11.5. The fourth-order valence-electron chi connectivity index (χ4n) is 2.83. The van der Waals surface area contributed by atoms with Crippen molar-refractivity contribution in [3.63, 3.8) is 0 Å². The van der Waals surface area contributed by atoms with Crippen molar-refractivity contribution in [2.75, 3.05) is 46.3 Å². The predicted octanol–water partition coefficient (Wildman–Crippen LogP) is 0.648. The SMILES string of the molecule is CCNC(C)(CCCCN1CCCN(C)CC1)C(N)=O. The molecule has 0 spiro atoms. The van der Waals surface area contributed by atoms with Crippen molar-refractivity contribution in [1.29, 1.82) is 0 Å². The summed E-state index contributed by atoms with van der Waals surface area (Å²) in [6, 6.07) is 0. The molecule has 118 valence electrons. The molecule has 1 aliphatic heterocycles. The molecule has 1 amide bonds. The largest absolute Gasteiger partial charge is 0.368 e. The molecule has 1 aliphatic rings. The number of carbonyl (C=O) groups excluding carboxylic acids is 1. The van der Waals surface area contributed by atoms with Crippen molar-refractivity contribution in [3.05, 3.63) is 0 Å². The van der Waals surface area contributed by atoms with Crippen LogP contribution in [-0.4, -0.2) is 67.6 Å². The first kappa shape index (κ1) is 17.4. The monoisotopic (exact) mass is 284 g/mol. The summed E-state index contributed by atoms with van der Waals surface area (Å²) in [7, 11) is 2.19. The lowest BCUT2D eigenvalue weighted by atomic mass is 9.94. The van der Waals surface area contributed by atoms with Crippen LogP contribution in [0.3, 0.4) is 0 Å². The molecule has 1 rings (SSSR count). The number of hydrogen-bond acceptors (Lipinski definition) is 4. The van der Waals surface area contributed by atoms with Crippen molar-refractivity contribution in [2.24, 2.45) is 5.73 Å². The maximum absolute atomic E-state index is 11.5. The molecule has 3 N–H and O–H groups in total. The van der Waals surface area contributed by atoms with Gasteiger partial charge in [0.15, 0.2) is 0 Å². The number of rotatable bonds is 8. The molecule has 1 fully saturated rings. The first-order valence-electron chi connectivity index (χ1n) is 7.94. The number of unbranched alkanes of at least 4 members (excludes halogenated alkanes) is 1. The fraction of sp³-hybridized carbons (Fsp3) is 0.933. The summed E-state index contributed by atoms with van der Waals surface area (Å²) >= 11 is 0. The smallest absolute Gasteiger partial charge is 0.237 e. The van der Waals surface area contributed by atoms with Crippen LogP contribution >= 0.6 is 0 Å². The lowest BCUT2D eigenvalue weighted by Gasteiger charge is -2.27. The summed E-state index contributed by atoms with van der Waals surface area (Å²) < 4.78 is 0. The zero-order valence-corrected chi connectivity index (χ0v) is 13.5. The maximum Gasteiger partial charge on any atom is 0.237 e. The molecule has 1 atom stereocenters. The number of nitrogens with zero attached hydrogens (tertiary/aromatic N) is 2. The molecule has 0 aliphatic carbocycles. The Morgan fingerprint density at radius 1 is 1.25 bits per heavy atom. The van der Waals surface area contributed by atoms with Gasteiger partial charge in [0.1, 0.15) is 0 Å². The molecular formula is C15H32N4O. The second-order valence-electron chi connectivity index (χ2n) is 6.18. The second kappa shape index (κ2) is 8.60. The van der Waals surface area contributed by atoms with E-state index in [1.165, 1.54) is 19.5 Å². The Bertz CT molecular complexity index is 298. The summed E-state index contributed by atoms with van der Waals surface area (Å²) in [6.07, 6.45) is 4.26. The van der Waals surface area contributed by atoms with E-state index >= 15 is 0 Å². The summed E-state index contributed by atoms with van der Waals surface area (Å²) in [6.45, 7) is 10.6. The first-order chi connectivity index (χ1) is 9.48. The van der Waals surface area contributed by atoms with E-state index in [4.69, 9.17) is 5.73 Å². The van der Waals surface area contributed by atoms with Crippen molar-refractivity contribution >= 4 is 5.91 Å². The van der Waals surface area contributed by atoms with Crippen LogP contribution in [0.15, 0.2) is 0 Å². The van der Waals surface area contributed by atoms with Crippen LogP contribution in [0.1, 0.15) is 39.5 Å². The lowest BCUT2D eigenvalue weighted by molar-refractivity contribution is -0.124. The average molecular weight is 284 g/mol. The van der Waals surface area contributed by atoms with E-state index < -0.39 is 5.54 Å². The van der Waals surface area contributed by atoms with Gasteiger partial charge in [-0.05, 0) is 65.8 Å². The van der Waals surface area contributed by atoms with Crippen molar-refractivity contribution in [3.8, 4) is 0 Å². The minimum absolute atomic E-state index is 0.240. The number of nitrogens with two attached hydrogens (primary N) is 1. The van der Waals surface area contributed by atoms with Gasteiger partial charge in [-0.1, -0.05) is 6.92 Å². The fourth-order valence-corrected chi connectivity index (χ4v) is 2.83. The third-order valence-electron chi connectivity index (χ3n) is 4.32. The molecule has 0 saturated carbocycles. The highest BCUT2D eigenvalue weighted by Crippen LogP contribution is 2.14. The zero-order valence-electron chi connectivity index (χ0n) is 13.5. The van der Waals surface area contributed by atoms with Crippen molar-refractivity contribution < 1.29 is 4.79 Å². The summed E-state index contributed by atoms with van der Waals surface area (Å²) in [5, 5.41) is 3.22. The standard InChI is InChI=1S/C15H32N4O/c1-4-17-15(2,14(16)20)8-5-6-10-19-11-7-9-18(3)12-13-19/h17H,4-13H2,1-3H3,(H2,16,20). The topological polar surface area (TPSA) is 61.6 Å². The van der Waals surface area contributed by atoms with Gasteiger partial charge in [-0.25, -0.2) is 0 Å². The number of amides is 1. The van der Waals surface area contributed by atoms with Gasteiger partial charge in [-0.15, -0.1) is 0 Å². The molecule has 5 heteroatoms. The summed E-state index contributed by atoms with van der Waals surface area (Å²) in [4.78, 5) is 16.5. The van der Waals surface area contributed by atoms with Gasteiger partial charge in [0, 0.05) is 13.1 Å². The number of nitrogens with one attached hydrogen (secondary N) is 1. The van der Waals surface area contributed by atoms with Crippen molar-refractivity contribution in [2.45, 2.75) is 45.1 Å². The Morgan fingerprint density at radius 3 is 2.65 bits per heavy atom. The van der Waals surface area contributed by atoms with E-state index in [1.807, 2.05) is 13.8 Å². The average Bonchev–Trinajstić information content (AvgIpc) is 2.60. The van der Waals surface area contributed by atoms with Crippen LogP contribution < -0.4 is 11.1 Å². The summed E-state index contributed by atoms with van der Waals surface area (Å²) in [5.74, 6) is -0.240. The molecule has 5 nitrogen and oxygen atoms in total. The van der Waals surface area contributed by atoms with Crippen LogP contribution in [0.25, 0.3) is 0 Å². The highest BCUT2D eigenvalue weighted by molar-refractivity contribution is 5.84. The number of likely N-dealkylation sites (N-methyl/N-ethyl adjacent to an activating group) is 2. The molecule has 1 heterocycles. The number of hydrogen-bond donors (Lipinski definition) is 2. The molecular weight excluding hydrogens is 252 g/mol. The lowest BCUT2D eigenvalue weighted by Crippen LogP contribution is -2.53. The Labute approximate surface area is 123 Å². The number of carbonyl (C=O) groups is 1. The van der Waals surface area contributed by atoms with Gasteiger partial charge in [-0.3, -0.25) is 4.79 Å². The van der Waals surface area contributed by atoms with E-state index in [0.717, 1.165) is 45.4 Å². The molecule has 20 heavy (non-hydrogen) atoms. The van der Waals surface area contributed by atoms with Crippen LogP contribution in [0.4, 0.5) is 0 Å². The van der Waals surface area contributed by atoms with Gasteiger partial charge in [-0.2, -0.15) is 0 Å². The molecule has 0 aromatic rings. The van der Waals surface area contributed by atoms with E-state index in [-0.39, 0.29) is 5.91 Å². The molecule has 0 aromatic carbocycles. The second-order valence-corrected chi connectivity index (χ2v) is 6.18. The van der Waals surface area contributed by atoms with Crippen LogP contribution in [-0.2, 0) is 4.79 Å². The first-order valence-corrected chi connectivity index (χ1v) is 7.94. The zero-order chi connectivity index (χ0) is 15.0. The summed E-state index contributed by atoms with van der Waals surface area (Å²) in [5.41, 5.74) is 4.95. The molecule has 0 bridgehead atoms. The molecule has 0 aromatic heterocycles. The highest BCUT2D eigenvalue weighted by Gasteiger charge is 2.28. The predicted molar refractivity (Wildman–Crippen MR) is 83.7 cm³/mol. The van der Waals surface area contributed by atoms with E-state index in [2.05, 4.69) is 22.2 Å². The third kappa shape index (κ3) is 5.77. The van der Waals surface area contributed by atoms with Crippen LogP contribution in [0.2, 0.25) is 0 Å². The third-order valence-corrected chi connectivity index (χ3v) is 4.32. The van der Waals surface area contributed by atoms with E-state index in [1.54, 1.807) is 0 Å². The van der Waals surface area contributed by atoms with Crippen molar-refractivity contribution in [1.82, 2.24) is 15.1 Å². The van der Waals surface area contributed by atoms with E-state index in [0.29, 0.717) is 0 Å².